The molecule has 3 aromatic carbocycles. The molecule has 0 bridgehead atoms. The Kier molecular flexibility index (Phi) is 7.93. The topological polar surface area (TPSA) is 133 Å². The summed E-state index contributed by atoms with van der Waals surface area (Å²) in [4.78, 5) is 53.7. The fourth-order valence-electron chi connectivity index (χ4n) is 5.61. The molecule has 0 aliphatic heterocycles. The van der Waals surface area contributed by atoms with Crippen LogP contribution in [0.25, 0.3) is 0 Å². The fourth-order valence-corrected chi connectivity index (χ4v) is 5.61. The molecule has 4 unspecified atom stereocenters. The van der Waals surface area contributed by atoms with Gasteiger partial charge in [0.05, 0.1) is 17.1 Å². The average molecular weight is 543 g/mol. The molecule has 1 fully saturated rings. The molecule has 4 rings (SSSR count). The van der Waals surface area contributed by atoms with Gasteiger partial charge < -0.3 is 20.8 Å². The highest BCUT2D eigenvalue weighted by atomic mass is 16.4. The highest BCUT2D eigenvalue weighted by Gasteiger charge is 2.56. The molecule has 0 aromatic heterocycles. The van der Waals surface area contributed by atoms with Gasteiger partial charge in [-0.2, -0.15) is 0 Å². The number of aryl methyl sites for hydroxylation is 4. The van der Waals surface area contributed by atoms with Crippen molar-refractivity contribution in [1.29, 1.82) is 0 Å². The van der Waals surface area contributed by atoms with Gasteiger partial charge in [-0.3, -0.25) is 14.4 Å². The monoisotopic (exact) mass is 542 g/mol. The zero-order valence-corrected chi connectivity index (χ0v) is 23.2. The third-order valence-corrected chi connectivity index (χ3v) is 7.68. The third-order valence-electron chi connectivity index (χ3n) is 7.68. The number of aromatic carboxylic acids is 1. The van der Waals surface area contributed by atoms with Gasteiger partial charge in [0.2, 0.25) is 11.8 Å². The number of ketones is 1. The van der Waals surface area contributed by atoms with Crippen molar-refractivity contribution in [2.45, 2.75) is 52.6 Å². The van der Waals surface area contributed by atoms with Crippen molar-refractivity contribution < 1.29 is 29.4 Å². The summed E-state index contributed by atoms with van der Waals surface area (Å²) >= 11 is 0. The van der Waals surface area contributed by atoms with Gasteiger partial charge in [-0.15, -0.1) is 0 Å². The number of benzene rings is 3. The van der Waals surface area contributed by atoms with Gasteiger partial charge in [-0.25, -0.2) is 4.79 Å². The van der Waals surface area contributed by atoms with Crippen LogP contribution in [0.15, 0.2) is 60.7 Å². The second-order valence-electron chi connectivity index (χ2n) is 11.0. The minimum absolute atomic E-state index is 0.130. The summed E-state index contributed by atoms with van der Waals surface area (Å²) < 4.78 is 0. The van der Waals surface area contributed by atoms with Crippen molar-refractivity contribution in [2.24, 2.45) is 11.8 Å². The highest BCUT2D eigenvalue weighted by Crippen LogP contribution is 2.47. The molecule has 4 atom stereocenters. The van der Waals surface area contributed by atoms with Crippen LogP contribution in [-0.4, -0.2) is 39.4 Å². The van der Waals surface area contributed by atoms with Crippen molar-refractivity contribution >= 4 is 34.9 Å². The first-order valence-corrected chi connectivity index (χ1v) is 13.1. The number of hydrogen-bond acceptors (Lipinski definition) is 5. The molecule has 0 spiro atoms. The van der Waals surface area contributed by atoms with Crippen molar-refractivity contribution in [1.82, 2.24) is 0 Å². The molecule has 2 amide bonds. The first-order valence-electron chi connectivity index (χ1n) is 13.1. The number of rotatable bonds is 6. The van der Waals surface area contributed by atoms with Crippen molar-refractivity contribution in [3.05, 3.63) is 94.0 Å². The van der Waals surface area contributed by atoms with Crippen LogP contribution >= 0.6 is 0 Å². The lowest BCUT2D eigenvalue weighted by Crippen LogP contribution is -2.56. The molecule has 8 heteroatoms. The lowest BCUT2D eigenvalue weighted by molar-refractivity contribution is -0.150. The number of hydrogen-bond donors (Lipinski definition) is 4. The quantitative estimate of drug-likeness (QED) is 0.326. The van der Waals surface area contributed by atoms with Crippen LogP contribution < -0.4 is 10.6 Å². The number of carbonyl (C=O) groups excluding carboxylic acids is 3. The third kappa shape index (κ3) is 5.67. The van der Waals surface area contributed by atoms with E-state index in [1.54, 1.807) is 18.2 Å². The fraction of sp³-hybridized carbons (Fsp3) is 0.312. The zero-order valence-electron chi connectivity index (χ0n) is 23.2. The minimum atomic E-state index is -1.86. The van der Waals surface area contributed by atoms with Gasteiger partial charge in [-0.05, 0) is 80.6 Å². The lowest BCUT2D eigenvalue weighted by atomic mass is 9.60. The predicted octanol–water partition coefficient (Wildman–Crippen LogP) is 4.94. The molecule has 1 aliphatic carbocycles. The molecule has 0 radical (unpaired) electrons. The number of carbonyl (C=O) groups is 4. The molecule has 3 aromatic rings. The minimum Gasteiger partial charge on any atom is -0.478 e. The predicted molar refractivity (Wildman–Crippen MR) is 152 cm³/mol. The number of Topliss-reactive ketones (excluding diaryl/α,β-unsaturated/α-hetero) is 1. The normalized spacial score (nSPS) is 22.4. The standard InChI is InChI=1S/C32H34N2O6/c1-17-10-12-19(3)23(14-17)33-29(36)27-25(35)16-32(5,40)28(26(27)21-8-6-7-9-22(21)31(38)39)30(37)34-24-15-18(2)11-13-20(24)4/h6-15,26-28,40H,16H2,1-5H3,(H,33,36)(H,34,37)(H,38,39). The van der Waals surface area contributed by atoms with Crippen LogP contribution in [0.1, 0.15) is 57.4 Å². The molecule has 208 valence electrons. The Hall–Kier alpha value is -4.30. The summed E-state index contributed by atoms with van der Waals surface area (Å²) in [6.45, 7) is 8.78. The largest absolute Gasteiger partial charge is 0.478 e. The van der Waals surface area contributed by atoms with E-state index in [-0.39, 0.29) is 11.1 Å². The molecule has 40 heavy (non-hydrogen) atoms. The van der Waals surface area contributed by atoms with Crippen LogP contribution in [0.2, 0.25) is 0 Å². The zero-order chi connectivity index (χ0) is 29.4. The highest BCUT2D eigenvalue weighted by molar-refractivity contribution is 6.11. The first-order chi connectivity index (χ1) is 18.8. The van der Waals surface area contributed by atoms with Gasteiger partial charge in [0.25, 0.3) is 0 Å². The Morgan fingerprint density at radius 3 is 1.90 bits per heavy atom. The Labute approximate surface area is 233 Å². The van der Waals surface area contributed by atoms with E-state index in [4.69, 9.17) is 0 Å². The number of nitrogens with one attached hydrogen (secondary N) is 2. The smallest absolute Gasteiger partial charge is 0.335 e. The van der Waals surface area contributed by atoms with E-state index in [0.29, 0.717) is 11.4 Å². The van der Waals surface area contributed by atoms with Crippen LogP contribution in [0, 0.1) is 39.5 Å². The summed E-state index contributed by atoms with van der Waals surface area (Å²) in [6, 6.07) is 17.1. The summed E-state index contributed by atoms with van der Waals surface area (Å²) in [7, 11) is 0. The molecule has 1 saturated carbocycles. The van der Waals surface area contributed by atoms with Gasteiger partial charge in [0, 0.05) is 23.7 Å². The van der Waals surface area contributed by atoms with E-state index < -0.39 is 53.3 Å². The number of carboxylic acid groups (broad SMARTS) is 1. The maximum Gasteiger partial charge on any atom is 0.335 e. The molecule has 0 saturated heterocycles. The van der Waals surface area contributed by atoms with Gasteiger partial charge in [-0.1, -0.05) is 42.5 Å². The molecule has 1 aliphatic rings. The van der Waals surface area contributed by atoms with E-state index in [1.807, 2.05) is 52.0 Å². The summed E-state index contributed by atoms with van der Waals surface area (Å²) in [5, 5.41) is 27.3. The molecule has 4 N–H and O–H groups in total. The number of anilines is 2. The van der Waals surface area contributed by atoms with Gasteiger partial charge in [0.15, 0.2) is 0 Å². The lowest BCUT2D eigenvalue weighted by Gasteiger charge is -2.45. The number of aliphatic hydroxyl groups is 1. The first kappa shape index (κ1) is 28.7. The molecule has 0 heterocycles. The second kappa shape index (κ2) is 11.1. The van der Waals surface area contributed by atoms with E-state index in [9.17, 15) is 29.4 Å². The summed E-state index contributed by atoms with van der Waals surface area (Å²) in [6.07, 6.45) is -0.450. The summed E-state index contributed by atoms with van der Waals surface area (Å²) in [5.74, 6) is -7.11. The number of amides is 2. The van der Waals surface area contributed by atoms with Gasteiger partial charge >= 0.3 is 5.97 Å². The summed E-state index contributed by atoms with van der Waals surface area (Å²) in [5.41, 5.74) is 2.54. The average Bonchev–Trinajstić information content (AvgIpc) is 2.87. The van der Waals surface area contributed by atoms with Crippen molar-refractivity contribution in [3.63, 3.8) is 0 Å². The van der Waals surface area contributed by atoms with Crippen LogP contribution in [0.4, 0.5) is 11.4 Å². The van der Waals surface area contributed by atoms with E-state index >= 15 is 0 Å². The Morgan fingerprint density at radius 2 is 1.35 bits per heavy atom. The van der Waals surface area contributed by atoms with Crippen LogP contribution in [-0.2, 0) is 14.4 Å². The van der Waals surface area contributed by atoms with Crippen LogP contribution in [0.5, 0.6) is 0 Å². The Balaban J connectivity index is 1.86. The molecule has 8 nitrogen and oxygen atoms in total. The van der Waals surface area contributed by atoms with Crippen LogP contribution in [0.3, 0.4) is 0 Å². The number of carboxylic acids is 1. The second-order valence-corrected chi connectivity index (χ2v) is 11.0. The molecular formula is C32H34N2O6. The maximum absolute atomic E-state index is 14.0. The Bertz CT molecular complexity index is 1510. The van der Waals surface area contributed by atoms with Gasteiger partial charge in [0.1, 0.15) is 11.7 Å². The van der Waals surface area contributed by atoms with Crippen molar-refractivity contribution in [3.8, 4) is 0 Å². The van der Waals surface area contributed by atoms with E-state index in [0.717, 1.165) is 22.3 Å². The Morgan fingerprint density at radius 1 is 0.825 bits per heavy atom. The maximum atomic E-state index is 14.0. The molecular weight excluding hydrogens is 508 g/mol. The van der Waals surface area contributed by atoms with Crippen molar-refractivity contribution in [2.75, 3.05) is 10.6 Å². The SMILES string of the molecule is Cc1ccc(C)c(NC(=O)C2C(=O)CC(C)(O)C(C(=O)Nc3cc(C)ccc3C)C2c2ccccc2C(=O)O)c1. The van der Waals surface area contributed by atoms with E-state index in [2.05, 4.69) is 10.6 Å². The van der Waals surface area contributed by atoms with E-state index in [1.165, 1.54) is 25.1 Å².